The molecule has 0 saturated carbocycles. The summed E-state index contributed by atoms with van der Waals surface area (Å²) in [7, 11) is 0. The predicted molar refractivity (Wildman–Crippen MR) is 120 cm³/mol. The Morgan fingerprint density at radius 1 is 0.935 bits per heavy atom. The van der Waals surface area contributed by atoms with Crippen molar-refractivity contribution in [2.24, 2.45) is 5.10 Å². The highest BCUT2D eigenvalue weighted by Gasteiger charge is 2.12. The molecule has 9 heteroatoms. The fraction of sp³-hybridized carbons (Fsp3) is 0.0455. The fourth-order valence-corrected chi connectivity index (χ4v) is 2.75. The average Bonchev–Trinajstić information content (AvgIpc) is 2.77. The summed E-state index contributed by atoms with van der Waals surface area (Å²) in [5.74, 6) is 0.0684. The van der Waals surface area contributed by atoms with Crippen LogP contribution in [-0.2, 0) is 0 Å². The minimum absolute atomic E-state index is 0.154. The molecule has 0 fully saturated rings. The van der Waals surface area contributed by atoms with Crippen LogP contribution >= 0.6 is 11.6 Å². The second-order valence-electron chi connectivity index (χ2n) is 6.56. The summed E-state index contributed by atoms with van der Waals surface area (Å²) in [6, 6.07) is 17.5. The van der Waals surface area contributed by atoms with Crippen LogP contribution in [0.5, 0.6) is 0 Å². The second-order valence-corrected chi connectivity index (χ2v) is 6.95. The molecule has 0 atom stereocenters. The van der Waals surface area contributed by atoms with Crippen molar-refractivity contribution in [1.82, 2.24) is 19.9 Å². The van der Waals surface area contributed by atoms with Gasteiger partial charge in [-0.3, -0.25) is 0 Å². The first-order chi connectivity index (χ1) is 15.1. The van der Waals surface area contributed by atoms with Crippen LogP contribution in [0.1, 0.15) is 11.1 Å². The van der Waals surface area contributed by atoms with Crippen LogP contribution in [-0.4, -0.2) is 26.2 Å². The van der Waals surface area contributed by atoms with Gasteiger partial charge in [0.15, 0.2) is 5.82 Å². The summed E-state index contributed by atoms with van der Waals surface area (Å²) in [6.45, 7) is 2.01. The Hall–Kier alpha value is -3.91. The largest absolute Gasteiger partial charge is 0.323 e. The highest BCUT2D eigenvalue weighted by Crippen LogP contribution is 2.22. The third-order valence-corrected chi connectivity index (χ3v) is 4.41. The van der Waals surface area contributed by atoms with Crippen molar-refractivity contribution < 1.29 is 4.39 Å². The predicted octanol–water partition coefficient (Wildman–Crippen LogP) is 5.22. The molecule has 0 bridgehead atoms. The Morgan fingerprint density at radius 3 is 2.45 bits per heavy atom. The van der Waals surface area contributed by atoms with E-state index in [1.165, 1.54) is 12.3 Å². The summed E-state index contributed by atoms with van der Waals surface area (Å²) >= 11 is 5.83. The third-order valence-electron chi connectivity index (χ3n) is 4.19. The topological polar surface area (TPSA) is 88.0 Å². The van der Waals surface area contributed by atoms with E-state index >= 15 is 0 Å². The van der Waals surface area contributed by atoms with Crippen molar-refractivity contribution in [2.75, 3.05) is 10.7 Å². The Morgan fingerprint density at radius 2 is 1.71 bits per heavy atom. The standard InChI is InChI=1S/C22H17ClFN7/c1-14-6-8-15(9-7-14)12-26-31-22-29-20(17-4-2-3-5-18(17)24)28-21(30-22)27-16-10-11-19(23)25-13-16/h2-13H,1H3,(H2,27,28,29,30,31). The number of nitrogens with one attached hydrogen (secondary N) is 2. The van der Waals surface area contributed by atoms with Crippen LogP contribution in [0.3, 0.4) is 0 Å². The van der Waals surface area contributed by atoms with E-state index in [0.717, 1.165) is 11.1 Å². The molecule has 2 aromatic heterocycles. The fourth-order valence-electron chi connectivity index (χ4n) is 2.64. The molecule has 31 heavy (non-hydrogen) atoms. The molecular formula is C22H17ClFN7. The summed E-state index contributed by atoms with van der Waals surface area (Å²) in [5, 5.41) is 7.56. The monoisotopic (exact) mass is 433 g/mol. The number of pyridine rings is 1. The number of hydrazone groups is 1. The van der Waals surface area contributed by atoms with Crippen molar-refractivity contribution in [1.29, 1.82) is 0 Å². The summed E-state index contributed by atoms with van der Waals surface area (Å²) in [6.07, 6.45) is 3.18. The van der Waals surface area contributed by atoms with Crippen LogP contribution in [0.4, 0.5) is 22.0 Å². The molecule has 0 spiro atoms. The van der Waals surface area contributed by atoms with Gasteiger partial charge in [0.05, 0.1) is 23.7 Å². The Balaban J connectivity index is 1.64. The Labute approximate surface area is 183 Å². The summed E-state index contributed by atoms with van der Waals surface area (Å²) < 4.78 is 14.3. The number of nitrogens with zero attached hydrogens (tertiary/aromatic N) is 5. The molecule has 0 saturated heterocycles. The first-order valence-corrected chi connectivity index (χ1v) is 9.70. The molecule has 0 aliphatic carbocycles. The Kier molecular flexibility index (Phi) is 6.09. The van der Waals surface area contributed by atoms with Crippen LogP contribution in [0, 0.1) is 12.7 Å². The van der Waals surface area contributed by atoms with Gasteiger partial charge in [0, 0.05) is 0 Å². The molecule has 0 aliphatic heterocycles. The third kappa shape index (κ3) is 5.37. The maximum atomic E-state index is 14.3. The van der Waals surface area contributed by atoms with E-state index in [1.54, 1.807) is 36.5 Å². The van der Waals surface area contributed by atoms with Crippen molar-refractivity contribution in [3.05, 3.63) is 89.0 Å². The van der Waals surface area contributed by atoms with E-state index in [9.17, 15) is 4.39 Å². The van der Waals surface area contributed by atoms with Crippen molar-refractivity contribution in [3.63, 3.8) is 0 Å². The van der Waals surface area contributed by atoms with Gasteiger partial charge in [-0.1, -0.05) is 53.6 Å². The van der Waals surface area contributed by atoms with Gasteiger partial charge in [-0.2, -0.15) is 20.1 Å². The molecule has 0 radical (unpaired) electrons. The molecule has 2 heterocycles. The highest BCUT2D eigenvalue weighted by atomic mass is 35.5. The summed E-state index contributed by atoms with van der Waals surface area (Å²) in [4.78, 5) is 17.0. The van der Waals surface area contributed by atoms with E-state index in [1.807, 2.05) is 31.2 Å². The van der Waals surface area contributed by atoms with Crippen molar-refractivity contribution >= 4 is 35.4 Å². The number of hydrogen-bond acceptors (Lipinski definition) is 7. The number of aromatic nitrogens is 4. The number of halogens is 2. The van der Waals surface area contributed by atoms with Gasteiger partial charge in [0.25, 0.3) is 0 Å². The molecule has 2 aromatic carbocycles. The average molecular weight is 434 g/mol. The lowest BCUT2D eigenvalue weighted by molar-refractivity contribution is 0.630. The normalized spacial score (nSPS) is 10.9. The molecule has 0 aliphatic rings. The number of aryl methyl sites for hydroxylation is 1. The first-order valence-electron chi connectivity index (χ1n) is 9.32. The van der Waals surface area contributed by atoms with E-state index < -0.39 is 5.82 Å². The molecular weight excluding hydrogens is 417 g/mol. The van der Waals surface area contributed by atoms with Crippen molar-refractivity contribution in [3.8, 4) is 11.4 Å². The van der Waals surface area contributed by atoms with Crippen LogP contribution in [0.15, 0.2) is 72.0 Å². The van der Waals surface area contributed by atoms with Gasteiger partial charge < -0.3 is 5.32 Å². The van der Waals surface area contributed by atoms with Gasteiger partial charge in [-0.05, 0) is 36.8 Å². The SMILES string of the molecule is Cc1ccc(C=NNc2nc(Nc3ccc(Cl)nc3)nc(-c3ccccc3F)n2)cc1. The van der Waals surface area contributed by atoms with Gasteiger partial charge in [-0.15, -0.1) is 0 Å². The zero-order chi connectivity index (χ0) is 21.6. The van der Waals surface area contributed by atoms with E-state index in [4.69, 9.17) is 11.6 Å². The maximum absolute atomic E-state index is 14.3. The number of hydrogen-bond donors (Lipinski definition) is 2. The molecule has 0 unspecified atom stereocenters. The Bertz CT molecular complexity index is 1210. The lowest BCUT2D eigenvalue weighted by Crippen LogP contribution is -2.06. The zero-order valence-corrected chi connectivity index (χ0v) is 17.2. The van der Waals surface area contributed by atoms with E-state index in [2.05, 4.69) is 35.8 Å². The smallest absolute Gasteiger partial charge is 0.248 e. The molecule has 7 nitrogen and oxygen atoms in total. The molecule has 4 aromatic rings. The molecule has 0 amide bonds. The zero-order valence-electron chi connectivity index (χ0n) is 16.4. The second kappa shape index (κ2) is 9.27. The summed E-state index contributed by atoms with van der Waals surface area (Å²) in [5.41, 5.74) is 5.71. The lowest BCUT2D eigenvalue weighted by Gasteiger charge is -2.09. The van der Waals surface area contributed by atoms with Crippen molar-refractivity contribution in [2.45, 2.75) is 6.92 Å². The molecule has 154 valence electrons. The van der Waals surface area contributed by atoms with Gasteiger partial charge in [0.1, 0.15) is 11.0 Å². The van der Waals surface area contributed by atoms with Gasteiger partial charge in [0.2, 0.25) is 11.9 Å². The van der Waals surface area contributed by atoms with Gasteiger partial charge >= 0.3 is 0 Å². The quantitative estimate of drug-likeness (QED) is 0.246. The number of rotatable bonds is 6. The molecule has 4 rings (SSSR count). The lowest BCUT2D eigenvalue weighted by atomic mass is 10.2. The minimum Gasteiger partial charge on any atom is -0.323 e. The van der Waals surface area contributed by atoms with Crippen LogP contribution in [0.2, 0.25) is 5.15 Å². The van der Waals surface area contributed by atoms with Crippen LogP contribution < -0.4 is 10.7 Å². The number of benzene rings is 2. The minimum atomic E-state index is -0.443. The number of anilines is 3. The van der Waals surface area contributed by atoms with E-state index in [-0.39, 0.29) is 23.3 Å². The maximum Gasteiger partial charge on any atom is 0.248 e. The van der Waals surface area contributed by atoms with Gasteiger partial charge in [-0.25, -0.2) is 14.8 Å². The first kappa shape index (κ1) is 20.4. The molecule has 2 N–H and O–H groups in total. The van der Waals surface area contributed by atoms with E-state index in [0.29, 0.717) is 10.8 Å². The highest BCUT2D eigenvalue weighted by molar-refractivity contribution is 6.29. The van der Waals surface area contributed by atoms with Crippen LogP contribution in [0.25, 0.3) is 11.4 Å².